The molecule has 1 heterocycles. The Morgan fingerprint density at radius 3 is 1.42 bits per heavy atom. The van der Waals surface area contributed by atoms with Crippen molar-refractivity contribution >= 4 is 42.3 Å². The fraction of sp³-hybridized carbons (Fsp3) is 0.545. The Balaban J connectivity index is 2.08. The minimum absolute atomic E-state index is 0.365. The molecule has 1 saturated heterocycles. The van der Waals surface area contributed by atoms with Gasteiger partial charge in [0.05, 0.1) is 25.1 Å². The highest BCUT2D eigenvalue weighted by Gasteiger charge is 2.16. The predicted molar refractivity (Wildman–Crippen MR) is 127 cm³/mol. The molecule has 9 heteroatoms. The fourth-order valence-corrected chi connectivity index (χ4v) is 3.77. The Morgan fingerprint density at radius 2 is 1.06 bits per heavy atom. The summed E-state index contributed by atoms with van der Waals surface area (Å²) in [5.74, 6) is 0. The minimum atomic E-state index is 0.365. The third-order valence-corrected chi connectivity index (χ3v) is 5.63. The Morgan fingerprint density at radius 1 is 0.677 bits per heavy atom. The van der Waals surface area contributed by atoms with E-state index in [-0.39, 0.29) is 0 Å². The maximum absolute atomic E-state index is 11.1. The van der Waals surface area contributed by atoms with Gasteiger partial charge < -0.3 is 19.7 Å². The van der Waals surface area contributed by atoms with Crippen molar-refractivity contribution < 1.29 is 14.4 Å². The van der Waals surface area contributed by atoms with Crippen LogP contribution >= 0.6 is 12.2 Å². The number of hydrogen-bond donors (Lipinski definition) is 1. The van der Waals surface area contributed by atoms with Crippen molar-refractivity contribution in [2.45, 2.75) is 6.54 Å². The SMILES string of the molecule is O=CCN1CCN(CC=O)CCN(Cc2ccc(NC=S)cc2)CCN(CC=O)CC1. The molecular formula is C22H33N5O3S. The van der Waals surface area contributed by atoms with E-state index in [4.69, 9.17) is 12.2 Å². The second-order valence-electron chi connectivity index (χ2n) is 7.64. The molecule has 1 aliphatic heterocycles. The second kappa shape index (κ2) is 14.9. The van der Waals surface area contributed by atoms with Crippen LogP contribution in [0.25, 0.3) is 0 Å². The zero-order valence-electron chi connectivity index (χ0n) is 18.0. The van der Waals surface area contributed by atoms with Crippen LogP contribution in [0.15, 0.2) is 24.3 Å². The molecule has 0 radical (unpaired) electrons. The van der Waals surface area contributed by atoms with Crippen molar-refractivity contribution in [1.82, 2.24) is 19.6 Å². The molecule has 1 aliphatic rings. The van der Waals surface area contributed by atoms with Crippen LogP contribution in [0.3, 0.4) is 0 Å². The third-order valence-electron chi connectivity index (χ3n) is 5.51. The molecule has 170 valence electrons. The summed E-state index contributed by atoms with van der Waals surface area (Å²) in [6.07, 6.45) is 2.79. The minimum Gasteiger partial charge on any atom is -0.353 e. The van der Waals surface area contributed by atoms with E-state index >= 15 is 0 Å². The lowest BCUT2D eigenvalue weighted by Gasteiger charge is -2.33. The summed E-state index contributed by atoms with van der Waals surface area (Å²) in [5, 5.41) is 3.01. The second-order valence-corrected chi connectivity index (χ2v) is 7.87. The van der Waals surface area contributed by atoms with Gasteiger partial charge >= 0.3 is 0 Å². The molecule has 31 heavy (non-hydrogen) atoms. The van der Waals surface area contributed by atoms with Gasteiger partial charge in [-0.3, -0.25) is 19.6 Å². The van der Waals surface area contributed by atoms with Gasteiger partial charge in [0.25, 0.3) is 0 Å². The van der Waals surface area contributed by atoms with Gasteiger partial charge in [0.2, 0.25) is 0 Å². The van der Waals surface area contributed by atoms with E-state index in [1.54, 1.807) is 0 Å². The summed E-state index contributed by atoms with van der Waals surface area (Å²) in [7, 11) is 0. The Bertz CT molecular complexity index is 662. The van der Waals surface area contributed by atoms with Crippen LogP contribution in [0, 0.1) is 0 Å². The Hall–Kier alpha value is -2.04. The number of hydrogen-bond acceptors (Lipinski definition) is 8. The lowest BCUT2D eigenvalue weighted by Crippen LogP contribution is -2.46. The van der Waals surface area contributed by atoms with Crippen LogP contribution < -0.4 is 5.32 Å². The number of aldehydes is 3. The van der Waals surface area contributed by atoms with Crippen LogP contribution in [0.5, 0.6) is 0 Å². The number of carbonyl (C=O) groups excluding carboxylic acids is 3. The molecule has 2 rings (SSSR count). The van der Waals surface area contributed by atoms with E-state index in [0.717, 1.165) is 83.4 Å². The largest absolute Gasteiger partial charge is 0.353 e. The number of carbonyl (C=O) groups is 3. The quantitative estimate of drug-likeness (QED) is 0.404. The van der Waals surface area contributed by atoms with Gasteiger partial charge in [-0.1, -0.05) is 24.4 Å². The average molecular weight is 448 g/mol. The zero-order chi connectivity index (χ0) is 22.3. The first-order valence-corrected chi connectivity index (χ1v) is 11.1. The Kier molecular flexibility index (Phi) is 12.1. The molecule has 1 fully saturated rings. The van der Waals surface area contributed by atoms with Crippen molar-refractivity contribution in [2.75, 3.05) is 77.3 Å². The molecule has 0 spiro atoms. The smallest absolute Gasteiger partial charge is 0.133 e. The van der Waals surface area contributed by atoms with E-state index in [2.05, 4.69) is 37.0 Å². The summed E-state index contributed by atoms with van der Waals surface area (Å²) in [6, 6.07) is 8.18. The molecule has 1 N–H and O–H groups in total. The van der Waals surface area contributed by atoms with E-state index < -0.39 is 0 Å². The van der Waals surface area contributed by atoms with Crippen molar-refractivity contribution in [2.24, 2.45) is 0 Å². The van der Waals surface area contributed by atoms with E-state index in [1.165, 1.54) is 11.1 Å². The van der Waals surface area contributed by atoms with E-state index in [9.17, 15) is 14.4 Å². The summed E-state index contributed by atoms with van der Waals surface area (Å²) >= 11 is 4.83. The van der Waals surface area contributed by atoms with E-state index in [1.807, 2.05) is 12.1 Å². The lowest BCUT2D eigenvalue weighted by molar-refractivity contribution is -0.110. The first-order chi connectivity index (χ1) is 15.2. The summed E-state index contributed by atoms with van der Waals surface area (Å²) in [4.78, 5) is 42.0. The standard InChI is InChI=1S/C22H33N5O3S/c28-16-13-24-5-7-25(14-17-29)9-11-27(12-10-26(8-6-24)15-18-30)19-21-1-3-22(4-2-21)23-20-31/h1-4,16-18,20H,5-15,19H2,(H,23,31). The van der Waals surface area contributed by atoms with Gasteiger partial charge in [-0.15, -0.1) is 0 Å². The maximum Gasteiger partial charge on any atom is 0.133 e. The van der Waals surface area contributed by atoms with Crippen LogP contribution in [0.2, 0.25) is 0 Å². The van der Waals surface area contributed by atoms with Crippen LogP contribution in [-0.2, 0) is 20.9 Å². The molecule has 0 unspecified atom stereocenters. The highest BCUT2D eigenvalue weighted by atomic mass is 32.1. The summed E-state index contributed by atoms with van der Waals surface area (Å²) < 4.78 is 0. The van der Waals surface area contributed by atoms with Crippen molar-refractivity contribution in [3.63, 3.8) is 0 Å². The van der Waals surface area contributed by atoms with Gasteiger partial charge in [0, 0.05) is 64.6 Å². The molecule has 0 amide bonds. The van der Waals surface area contributed by atoms with Crippen LogP contribution in [0.4, 0.5) is 5.69 Å². The van der Waals surface area contributed by atoms with Crippen molar-refractivity contribution in [3.05, 3.63) is 29.8 Å². The molecule has 0 aliphatic carbocycles. The highest BCUT2D eigenvalue weighted by Crippen LogP contribution is 2.11. The Labute approximate surface area is 190 Å². The van der Waals surface area contributed by atoms with Crippen LogP contribution in [-0.4, -0.2) is 116 Å². The van der Waals surface area contributed by atoms with Crippen molar-refractivity contribution in [3.8, 4) is 0 Å². The van der Waals surface area contributed by atoms with Gasteiger partial charge in [-0.05, 0) is 17.7 Å². The molecule has 0 atom stereocenters. The lowest BCUT2D eigenvalue weighted by atomic mass is 10.2. The third kappa shape index (κ3) is 9.75. The number of benzene rings is 1. The summed E-state index contributed by atoms with van der Waals surface area (Å²) in [6.45, 7) is 7.99. The van der Waals surface area contributed by atoms with Gasteiger partial charge in [-0.2, -0.15) is 0 Å². The first kappa shape index (κ1) is 25.2. The number of nitrogens with one attached hydrogen (secondary N) is 1. The van der Waals surface area contributed by atoms with Gasteiger partial charge in [0.1, 0.15) is 18.9 Å². The topological polar surface area (TPSA) is 76.2 Å². The maximum atomic E-state index is 11.1. The average Bonchev–Trinajstić information content (AvgIpc) is 2.77. The van der Waals surface area contributed by atoms with Gasteiger partial charge in [0.15, 0.2) is 0 Å². The molecule has 0 saturated carbocycles. The van der Waals surface area contributed by atoms with E-state index in [0.29, 0.717) is 19.6 Å². The highest BCUT2D eigenvalue weighted by molar-refractivity contribution is 7.79. The molecule has 1 aromatic carbocycles. The monoisotopic (exact) mass is 447 g/mol. The summed E-state index contributed by atoms with van der Waals surface area (Å²) in [5.41, 5.74) is 3.65. The zero-order valence-corrected chi connectivity index (χ0v) is 18.8. The molecule has 8 nitrogen and oxygen atoms in total. The fourth-order valence-electron chi connectivity index (χ4n) is 3.63. The molecule has 0 aromatic heterocycles. The predicted octanol–water partition coefficient (Wildman–Crippen LogP) is 0.374. The molecule has 1 aromatic rings. The van der Waals surface area contributed by atoms with Crippen LogP contribution in [0.1, 0.15) is 5.56 Å². The molecule has 0 bridgehead atoms. The normalized spacial score (nSPS) is 18.5. The number of anilines is 1. The number of thiocarbonyl (C=S) groups is 1. The first-order valence-electron chi connectivity index (χ1n) is 10.7. The number of rotatable bonds is 10. The number of nitrogens with zero attached hydrogens (tertiary/aromatic N) is 4. The van der Waals surface area contributed by atoms with Gasteiger partial charge in [-0.25, -0.2) is 0 Å². The molecular weight excluding hydrogens is 414 g/mol. The van der Waals surface area contributed by atoms with Crippen molar-refractivity contribution in [1.29, 1.82) is 0 Å².